The highest BCUT2D eigenvalue weighted by Crippen LogP contribution is 2.44. The summed E-state index contributed by atoms with van der Waals surface area (Å²) in [5.41, 5.74) is 6.07. The highest BCUT2D eigenvalue weighted by molar-refractivity contribution is 8.04. The number of nitrogens with one attached hydrogen (secondary N) is 1. The maximum atomic E-state index is 13.0. The highest BCUT2D eigenvalue weighted by Gasteiger charge is 2.54. The number of thiazole rings is 2. The van der Waals surface area contributed by atoms with Gasteiger partial charge in [0.2, 0.25) is 0 Å². The van der Waals surface area contributed by atoms with Gasteiger partial charge in [0.25, 0.3) is 11.8 Å². The van der Waals surface area contributed by atoms with E-state index >= 15 is 0 Å². The van der Waals surface area contributed by atoms with E-state index in [2.05, 4.69) is 25.4 Å². The van der Waals surface area contributed by atoms with Crippen LogP contribution < -0.4 is 11.1 Å². The van der Waals surface area contributed by atoms with Crippen molar-refractivity contribution < 1.29 is 28.7 Å². The van der Waals surface area contributed by atoms with E-state index < -0.39 is 36.5 Å². The Labute approximate surface area is 220 Å². The smallest absolute Gasteiger partial charge is 0.353 e. The molecule has 3 aromatic heterocycles. The van der Waals surface area contributed by atoms with E-state index in [9.17, 15) is 23.9 Å². The number of hydrogen-bond acceptors (Lipinski definition) is 12. The Morgan fingerprint density at radius 2 is 2.24 bits per heavy atom. The number of pyridine rings is 1. The molecule has 0 aromatic carbocycles. The Bertz CT molecular complexity index is 1420. The molecular weight excluding hydrogens is 545 g/mol. The first-order valence-electron chi connectivity index (χ1n) is 10.8. The molecule has 0 radical (unpaired) electrons. The second-order valence-electron chi connectivity index (χ2n) is 7.80. The molecule has 2 unspecified atom stereocenters. The molecule has 0 bridgehead atoms. The fourth-order valence-corrected chi connectivity index (χ4v) is 6.80. The lowest BCUT2D eigenvalue weighted by molar-refractivity contribution is -0.155. The normalized spacial score (nSPS) is 19.5. The molecule has 1 saturated heterocycles. The second-order valence-corrected chi connectivity index (χ2v) is 11.1. The van der Waals surface area contributed by atoms with Crippen molar-refractivity contribution >= 4 is 73.3 Å². The number of alkyl halides is 1. The van der Waals surface area contributed by atoms with Crippen LogP contribution >= 0.6 is 34.4 Å². The maximum absolute atomic E-state index is 13.0. The first-order chi connectivity index (χ1) is 17.9. The monoisotopic (exact) mass is 563 g/mol. The molecule has 37 heavy (non-hydrogen) atoms. The predicted octanol–water partition coefficient (Wildman–Crippen LogP) is 2.00. The van der Waals surface area contributed by atoms with E-state index in [-0.39, 0.29) is 28.8 Å². The molecule has 0 spiro atoms. The number of oxime groups is 1. The van der Waals surface area contributed by atoms with Gasteiger partial charge in [0.15, 0.2) is 15.2 Å². The standard InChI is InChI=1S/C21H18FN7O5S3/c22-4-6-34-28-14(10-8-35-20(23)25-10)17(30)27-15-11-1-2-13(16(19(32)33)29(11)18(15)31)37-21-26-9-7-24-5-3-12(9)36-21/h3,5,7-8,11,15H,1-2,4,6H2,(H2,23,25)(H,27,30)(H,32,33)/b28-14-. The molecule has 0 aliphatic carbocycles. The zero-order valence-electron chi connectivity index (χ0n) is 18.8. The number of β-lactam (4-membered cyclic amide) rings is 1. The van der Waals surface area contributed by atoms with Gasteiger partial charge in [-0.15, -0.1) is 22.7 Å². The molecule has 5 rings (SSSR count). The average Bonchev–Trinajstić information content (AvgIpc) is 3.50. The fourth-order valence-electron chi connectivity index (χ4n) is 3.99. The van der Waals surface area contributed by atoms with Gasteiger partial charge in [-0.1, -0.05) is 16.9 Å². The summed E-state index contributed by atoms with van der Waals surface area (Å²) in [5.74, 6) is -2.58. The number of aliphatic carboxylic acids is 1. The average molecular weight is 564 g/mol. The molecule has 2 atom stereocenters. The van der Waals surface area contributed by atoms with Crippen molar-refractivity contribution in [2.75, 3.05) is 19.0 Å². The van der Waals surface area contributed by atoms with Crippen molar-refractivity contribution in [1.82, 2.24) is 25.2 Å². The van der Waals surface area contributed by atoms with E-state index in [1.165, 1.54) is 33.4 Å². The number of nitrogen functional groups attached to an aromatic ring is 1. The molecule has 2 aliphatic rings. The van der Waals surface area contributed by atoms with Gasteiger partial charge in [-0.25, -0.2) is 19.2 Å². The number of nitrogens with two attached hydrogens (primary N) is 1. The summed E-state index contributed by atoms with van der Waals surface area (Å²) in [4.78, 5) is 57.2. The largest absolute Gasteiger partial charge is 0.477 e. The zero-order valence-corrected chi connectivity index (χ0v) is 21.2. The predicted molar refractivity (Wildman–Crippen MR) is 135 cm³/mol. The topological polar surface area (TPSA) is 173 Å². The number of carboxylic acids is 1. The summed E-state index contributed by atoms with van der Waals surface area (Å²) in [6, 6.07) is 0.302. The zero-order chi connectivity index (χ0) is 26.1. The summed E-state index contributed by atoms with van der Waals surface area (Å²) in [7, 11) is 0. The van der Waals surface area contributed by atoms with Crippen LogP contribution in [-0.2, 0) is 19.2 Å². The summed E-state index contributed by atoms with van der Waals surface area (Å²) in [5, 5.41) is 17.9. The first kappa shape index (κ1) is 25.0. The number of aromatic nitrogens is 3. The van der Waals surface area contributed by atoms with Gasteiger partial charge >= 0.3 is 5.97 Å². The van der Waals surface area contributed by atoms with Crippen LogP contribution in [0.25, 0.3) is 10.2 Å². The Balaban J connectivity index is 1.34. The Morgan fingerprint density at radius 1 is 1.41 bits per heavy atom. The molecule has 4 N–H and O–H groups in total. The molecule has 0 saturated carbocycles. The van der Waals surface area contributed by atoms with Crippen LogP contribution in [0.1, 0.15) is 18.5 Å². The summed E-state index contributed by atoms with van der Waals surface area (Å²) >= 11 is 3.69. The third-order valence-electron chi connectivity index (χ3n) is 5.57. The number of carbonyl (C=O) groups is 3. The minimum atomic E-state index is -1.24. The van der Waals surface area contributed by atoms with Gasteiger partial charge < -0.3 is 21.0 Å². The molecule has 5 heterocycles. The lowest BCUT2D eigenvalue weighted by Gasteiger charge is -2.49. The van der Waals surface area contributed by atoms with Crippen molar-refractivity contribution in [2.45, 2.75) is 29.3 Å². The minimum absolute atomic E-state index is 0.113. The van der Waals surface area contributed by atoms with Gasteiger partial charge in [-0.2, -0.15) is 0 Å². The number of amides is 2. The summed E-state index contributed by atoms with van der Waals surface area (Å²) in [6.07, 6.45) is 4.09. The Morgan fingerprint density at radius 3 is 2.95 bits per heavy atom. The highest BCUT2D eigenvalue weighted by atomic mass is 32.2. The third kappa shape index (κ3) is 4.86. The summed E-state index contributed by atoms with van der Waals surface area (Å²) < 4.78 is 14.0. The number of carbonyl (C=O) groups excluding carboxylic acids is 2. The summed E-state index contributed by atoms with van der Waals surface area (Å²) in [6.45, 7) is -1.18. The van der Waals surface area contributed by atoms with E-state index in [0.29, 0.717) is 27.6 Å². The molecule has 2 amide bonds. The number of anilines is 1. The lowest BCUT2D eigenvalue weighted by atomic mass is 9.86. The van der Waals surface area contributed by atoms with Gasteiger partial charge in [0.05, 0.1) is 16.9 Å². The molecule has 16 heteroatoms. The molecule has 1 fully saturated rings. The molecular formula is C21H18FN7O5S3. The van der Waals surface area contributed by atoms with Crippen LogP contribution in [0.2, 0.25) is 0 Å². The quantitative estimate of drug-likeness (QED) is 0.151. The Hall–Kier alpha value is -3.63. The molecule has 192 valence electrons. The van der Waals surface area contributed by atoms with Gasteiger partial charge in [0, 0.05) is 16.5 Å². The number of nitrogens with zero attached hydrogens (tertiary/aromatic N) is 5. The van der Waals surface area contributed by atoms with E-state index in [4.69, 9.17) is 10.6 Å². The van der Waals surface area contributed by atoms with Crippen molar-refractivity contribution in [3.05, 3.63) is 40.1 Å². The maximum Gasteiger partial charge on any atom is 0.353 e. The molecule has 2 aliphatic heterocycles. The van der Waals surface area contributed by atoms with E-state index in [1.807, 2.05) is 6.07 Å². The number of carboxylic acid groups (broad SMARTS) is 1. The van der Waals surface area contributed by atoms with E-state index in [0.717, 1.165) is 16.0 Å². The first-order valence-corrected chi connectivity index (χ1v) is 13.3. The van der Waals surface area contributed by atoms with Crippen LogP contribution in [0.3, 0.4) is 0 Å². The van der Waals surface area contributed by atoms with Crippen LogP contribution in [0, 0.1) is 0 Å². The van der Waals surface area contributed by atoms with Gasteiger partial charge in [0.1, 0.15) is 36.2 Å². The number of thioether (sulfide) groups is 1. The third-order valence-corrected chi connectivity index (χ3v) is 8.48. The second kappa shape index (κ2) is 10.4. The molecule has 3 aromatic rings. The van der Waals surface area contributed by atoms with Crippen molar-refractivity contribution in [1.29, 1.82) is 0 Å². The lowest BCUT2D eigenvalue weighted by Crippen LogP contribution is -2.72. The van der Waals surface area contributed by atoms with Gasteiger partial charge in [-0.3, -0.25) is 19.5 Å². The number of rotatable bonds is 9. The van der Waals surface area contributed by atoms with Crippen LogP contribution in [-0.4, -0.2) is 73.8 Å². The number of hydrogen-bond donors (Lipinski definition) is 3. The van der Waals surface area contributed by atoms with Crippen molar-refractivity contribution in [2.24, 2.45) is 5.16 Å². The van der Waals surface area contributed by atoms with Crippen molar-refractivity contribution in [3.63, 3.8) is 0 Å². The fraction of sp³-hybridized carbons (Fsp3) is 0.286. The number of allylic oxidation sites excluding steroid dienone is 1. The number of fused-ring (bicyclic) bond motifs is 2. The SMILES string of the molecule is Nc1nc(/C(=N/OCCF)C(=O)NC2C(=O)N3C(C(=O)O)=C(Sc4nc5cnccc5s4)CCC23)cs1. The number of halogens is 1. The minimum Gasteiger partial charge on any atom is -0.477 e. The molecule has 12 nitrogen and oxygen atoms in total. The van der Waals surface area contributed by atoms with Crippen molar-refractivity contribution in [3.8, 4) is 0 Å². The van der Waals surface area contributed by atoms with Gasteiger partial charge in [-0.05, 0) is 18.9 Å². The van der Waals surface area contributed by atoms with Crippen LogP contribution in [0.4, 0.5) is 9.52 Å². The Kier molecular flexibility index (Phi) is 7.03. The van der Waals surface area contributed by atoms with Crippen LogP contribution in [0.5, 0.6) is 0 Å². The van der Waals surface area contributed by atoms with E-state index in [1.54, 1.807) is 12.4 Å². The van der Waals surface area contributed by atoms with Crippen LogP contribution in [0.15, 0.2) is 43.9 Å².